The van der Waals surface area contributed by atoms with Gasteiger partial charge in [0.2, 0.25) is 0 Å². The molecule has 0 aliphatic carbocycles. The number of aliphatic hydroxyl groups excluding tert-OH is 1. The summed E-state index contributed by atoms with van der Waals surface area (Å²) in [5, 5.41) is 10.4. The predicted molar refractivity (Wildman–Crippen MR) is 144 cm³/mol. The fraction of sp³-hybridized carbons (Fsp3) is 0.593. The molecule has 0 saturated carbocycles. The topological polar surface area (TPSA) is 84.9 Å². The standard InChI is InChI=1S/C27H41NO5S2/c1-8-11-19-16-20(12-13-21(19)33-18-22(29)26(4,5)6)27(9-2,10-3)23-14-15-25(34-23)35(31)28-17-24(30)32-7/h12-16,22,28-29H,8-11,17-18H2,1-7H3. The van der Waals surface area contributed by atoms with Crippen LogP contribution in [-0.4, -0.2) is 41.7 Å². The van der Waals surface area contributed by atoms with Gasteiger partial charge in [-0.2, -0.15) is 0 Å². The number of carbonyl (C=O) groups is 1. The average Bonchev–Trinajstić information content (AvgIpc) is 3.33. The van der Waals surface area contributed by atoms with Crippen LogP contribution in [0.1, 0.15) is 76.8 Å². The Hall–Kier alpha value is -1.74. The van der Waals surface area contributed by atoms with Crippen LogP contribution >= 0.6 is 11.3 Å². The van der Waals surface area contributed by atoms with Gasteiger partial charge in [-0.15, -0.1) is 11.3 Å². The highest BCUT2D eigenvalue weighted by Crippen LogP contribution is 2.44. The SMILES string of the molecule is CCCc1cc(C(CC)(CC)c2ccc(S(=O)NCC(=O)OC)s2)ccc1OCC(O)C(C)(C)C. The van der Waals surface area contributed by atoms with Crippen LogP contribution in [0.25, 0.3) is 0 Å². The van der Waals surface area contributed by atoms with Crippen molar-refractivity contribution in [1.29, 1.82) is 0 Å². The number of methoxy groups -OCH3 is 1. The molecule has 0 bridgehead atoms. The highest BCUT2D eigenvalue weighted by molar-refractivity contribution is 7.85. The van der Waals surface area contributed by atoms with Crippen molar-refractivity contribution >= 4 is 28.3 Å². The molecule has 6 nitrogen and oxygen atoms in total. The van der Waals surface area contributed by atoms with Crippen LogP contribution in [0.2, 0.25) is 0 Å². The molecule has 1 aromatic heterocycles. The van der Waals surface area contributed by atoms with Crippen LogP contribution < -0.4 is 9.46 Å². The second-order valence-corrected chi connectivity index (χ2v) is 12.4. The number of nitrogens with one attached hydrogen (secondary N) is 1. The lowest BCUT2D eigenvalue weighted by molar-refractivity contribution is -0.139. The third-order valence-corrected chi connectivity index (χ3v) is 9.24. The lowest BCUT2D eigenvalue weighted by Gasteiger charge is -2.32. The van der Waals surface area contributed by atoms with Crippen molar-refractivity contribution < 1.29 is 23.6 Å². The Balaban J connectivity index is 2.36. The van der Waals surface area contributed by atoms with Gasteiger partial charge in [0, 0.05) is 10.3 Å². The number of benzene rings is 1. The van der Waals surface area contributed by atoms with E-state index in [-0.39, 0.29) is 24.0 Å². The number of hydrogen-bond acceptors (Lipinski definition) is 6. The molecule has 2 atom stereocenters. The molecule has 2 unspecified atom stereocenters. The molecule has 35 heavy (non-hydrogen) atoms. The van der Waals surface area contributed by atoms with Gasteiger partial charge in [0.05, 0.1) is 13.2 Å². The van der Waals surface area contributed by atoms with Gasteiger partial charge >= 0.3 is 5.97 Å². The third kappa shape index (κ3) is 7.38. The normalized spacial score (nSPS) is 13.9. The Morgan fingerprint density at radius 2 is 1.83 bits per heavy atom. The first-order chi connectivity index (χ1) is 16.5. The summed E-state index contributed by atoms with van der Waals surface area (Å²) in [6.45, 7) is 12.7. The zero-order chi connectivity index (χ0) is 26.2. The van der Waals surface area contributed by atoms with Crippen LogP contribution in [0.3, 0.4) is 0 Å². The molecule has 0 saturated heterocycles. The van der Waals surface area contributed by atoms with Crippen LogP contribution in [-0.2, 0) is 32.4 Å². The number of carbonyl (C=O) groups excluding carboxylic acids is 1. The van der Waals surface area contributed by atoms with Gasteiger partial charge in [-0.3, -0.25) is 4.79 Å². The van der Waals surface area contributed by atoms with Gasteiger partial charge in [0.1, 0.15) is 34.1 Å². The fourth-order valence-corrected chi connectivity index (χ4v) is 6.42. The maximum absolute atomic E-state index is 12.7. The van der Waals surface area contributed by atoms with Crippen LogP contribution in [0.4, 0.5) is 0 Å². The molecular formula is C27H41NO5S2. The predicted octanol–water partition coefficient (Wildman–Crippen LogP) is 5.38. The van der Waals surface area contributed by atoms with E-state index in [1.165, 1.54) is 24.0 Å². The van der Waals surface area contributed by atoms with Gasteiger partial charge in [0.15, 0.2) is 0 Å². The Morgan fingerprint density at radius 3 is 2.40 bits per heavy atom. The first kappa shape index (κ1) is 29.5. The molecule has 0 spiro atoms. The highest BCUT2D eigenvalue weighted by Gasteiger charge is 2.33. The Kier molecular flexibility index (Phi) is 10.9. The van der Waals surface area contributed by atoms with Crippen LogP contribution in [0, 0.1) is 5.41 Å². The molecule has 2 N–H and O–H groups in total. The molecule has 0 amide bonds. The largest absolute Gasteiger partial charge is 0.491 e. The summed E-state index contributed by atoms with van der Waals surface area (Å²) in [6, 6.07) is 10.3. The van der Waals surface area contributed by atoms with Crippen molar-refractivity contribution in [2.75, 3.05) is 20.3 Å². The minimum Gasteiger partial charge on any atom is -0.491 e. The Bertz CT molecular complexity index is 992. The summed E-state index contributed by atoms with van der Waals surface area (Å²) < 4.78 is 26.8. The van der Waals surface area contributed by atoms with Gasteiger partial charge in [-0.25, -0.2) is 8.93 Å². The second-order valence-electron chi connectivity index (χ2n) is 9.84. The van der Waals surface area contributed by atoms with E-state index < -0.39 is 23.1 Å². The fourth-order valence-electron chi connectivity index (χ4n) is 4.00. The lowest BCUT2D eigenvalue weighted by atomic mass is 9.74. The number of ether oxygens (including phenoxy) is 2. The molecule has 0 radical (unpaired) electrons. The van der Waals surface area contributed by atoms with Gasteiger partial charge in [0.25, 0.3) is 0 Å². The lowest BCUT2D eigenvalue weighted by Crippen LogP contribution is -2.32. The first-order valence-corrected chi connectivity index (χ1v) is 14.3. The van der Waals surface area contributed by atoms with Crippen molar-refractivity contribution in [3.8, 4) is 5.75 Å². The van der Waals surface area contributed by atoms with Gasteiger partial charge < -0.3 is 14.6 Å². The molecule has 0 fully saturated rings. The Labute approximate surface area is 217 Å². The van der Waals surface area contributed by atoms with E-state index in [9.17, 15) is 14.1 Å². The molecule has 0 aliphatic rings. The smallest absolute Gasteiger partial charge is 0.320 e. The zero-order valence-corrected chi connectivity index (χ0v) is 23.7. The number of hydrogen-bond donors (Lipinski definition) is 2. The quantitative estimate of drug-likeness (QED) is 0.345. The van der Waals surface area contributed by atoms with E-state index >= 15 is 0 Å². The summed E-state index contributed by atoms with van der Waals surface area (Å²) in [4.78, 5) is 12.5. The van der Waals surface area contributed by atoms with E-state index in [0.29, 0.717) is 4.21 Å². The van der Waals surface area contributed by atoms with E-state index in [2.05, 4.69) is 42.4 Å². The Morgan fingerprint density at radius 1 is 1.14 bits per heavy atom. The van der Waals surface area contributed by atoms with Crippen molar-refractivity contribution in [1.82, 2.24) is 4.72 Å². The minimum atomic E-state index is -1.48. The van der Waals surface area contributed by atoms with E-state index in [1.807, 2.05) is 39.0 Å². The van der Waals surface area contributed by atoms with Crippen LogP contribution in [0.5, 0.6) is 5.75 Å². The van der Waals surface area contributed by atoms with Crippen LogP contribution in [0.15, 0.2) is 34.5 Å². The summed E-state index contributed by atoms with van der Waals surface area (Å²) in [7, 11) is -0.173. The third-order valence-electron chi connectivity index (χ3n) is 6.55. The number of rotatable bonds is 13. The van der Waals surface area contributed by atoms with Crippen molar-refractivity contribution in [2.45, 2.75) is 83.0 Å². The second kappa shape index (κ2) is 13.0. The molecule has 8 heteroatoms. The number of aryl methyl sites for hydroxylation is 1. The maximum atomic E-state index is 12.7. The van der Waals surface area contributed by atoms with E-state index in [0.717, 1.165) is 41.9 Å². The van der Waals surface area contributed by atoms with Gasteiger partial charge in [-0.1, -0.05) is 60.1 Å². The van der Waals surface area contributed by atoms with Crippen molar-refractivity contribution in [2.24, 2.45) is 5.41 Å². The zero-order valence-electron chi connectivity index (χ0n) is 22.1. The van der Waals surface area contributed by atoms with Crippen molar-refractivity contribution in [3.63, 3.8) is 0 Å². The molecule has 0 aliphatic heterocycles. The van der Waals surface area contributed by atoms with Gasteiger partial charge in [-0.05, 0) is 54.0 Å². The highest BCUT2D eigenvalue weighted by atomic mass is 32.2. The van der Waals surface area contributed by atoms with E-state index in [1.54, 1.807) is 0 Å². The summed E-state index contributed by atoms with van der Waals surface area (Å²) in [5.41, 5.74) is 1.88. The molecular weight excluding hydrogens is 482 g/mol. The number of esters is 1. The monoisotopic (exact) mass is 523 g/mol. The van der Waals surface area contributed by atoms with E-state index in [4.69, 9.17) is 4.74 Å². The summed E-state index contributed by atoms with van der Waals surface area (Å²) >= 11 is 1.51. The average molecular weight is 524 g/mol. The molecule has 1 aromatic carbocycles. The summed E-state index contributed by atoms with van der Waals surface area (Å²) in [5.74, 6) is 0.368. The van der Waals surface area contributed by atoms with Crippen molar-refractivity contribution in [3.05, 3.63) is 46.3 Å². The maximum Gasteiger partial charge on any atom is 0.320 e. The molecule has 2 rings (SSSR count). The number of thiophene rings is 1. The minimum absolute atomic E-state index is 0.102. The number of aliphatic hydroxyl groups is 1. The first-order valence-electron chi connectivity index (χ1n) is 12.3. The molecule has 196 valence electrons. The molecule has 1 heterocycles. The molecule has 2 aromatic rings. The summed E-state index contributed by atoms with van der Waals surface area (Å²) in [6.07, 6.45) is 3.09.